The Kier molecular flexibility index (Phi) is 4.32. The van der Waals surface area contributed by atoms with Gasteiger partial charge in [0.25, 0.3) is 0 Å². The minimum absolute atomic E-state index is 0.600. The van der Waals surface area contributed by atoms with E-state index in [-0.39, 0.29) is 0 Å². The maximum atomic E-state index is 5.90. The number of rotatable bonds is 2. The molecule has 0 aromatic heterocycles. The molecule has 5 heteroatoms. The number of thiocarbonyl (C=S) groups is 1. The number of nitrogens with zero attached hydrogens (tertiary/aromatic N) is 1. The number of aryl methyl sites for hydroxylation is 1. The number of benzene rings is 1. The fraction of sp³-hybridized carbons (Fsp3) is 0.300. The molecule has 0 amide bonds. The smallest absolute Gasteiger partial charge is 0.187 e. The van der Waals surface area contributed by atoms with Crippen LogP contribution in [-0.4, -0.2) is 24.2 Å². The number of anilines is 1. The van der Waals surface area contributed by atoms with Gasteiger partial charge in [-0.2, -0.15) is 0 Å². The highest BCUT2D eigenvalue weighted by molar-refractivity contribution is 7.80. The molecule has 1 aromatic rings. The second-order valence-electron chi connectivity index (χ2n) is 3.17. The van der Waals surface area contributed by atoms with Gasteiger partial charge in [-0.1, -0.05) is 17.7 Å². The lowest BCUT2D eigenvalue weighted by Crippen LogP contribution is -2.39. The highest BCUT2D eigenvalue weighted by atomic mass is 35.5. The third-order valence-electron chi connectivity index (χ3n) is 2.08. The summed E-state index contributed by atoms with van der Waals surface area (Å²) in [5.74, 6) is 0. The lowest BCUT2D eigenvalue weighted by atomic mass is 10.2. The van der Waals surface area contributed by atoms with E-state index < -0.39 is 0 Å². The van der Waals surface area contributed by atoms with E-state index in [1.807, 2.05) is 32.2 Å². The number of halogens is 1. The Morgan fingerprint density at radius 3 is 2.73 bits per heavy atom. The van der Waals surface area contributed by atoms with E-state index >= 15 is 0 Å². The molecule has 3 nitrogen and oxygen atoms in total. The molecule has 0 aliphatic heterocycles. The SMILES string of the molecule is CNN(C)C(=S)Nc1cc(Cl)ccc1C. The van der Waals surface area contributed by atoms with Gasteiger partial charge in [-0.25, -0.2) is 5.43 Å². The van der Waals surface area contributed by atoms with Gasteiger partial charge in [-0.3, -0.25) is 5.01 Å². The van der Waals surface area contributed by atoms with Crippen LogP contribution in [0.1, 0.15) is 5.56 Å². The number of hydrogen-bond acceptors (Lipinski definition) is 2. The van der Waals surface area contributed by atoms with Gasteiger partial charge in [0.05, 0.1) is 0 Å². The molecule has 82 valence electrons. The number of nitrogens with one attached hydrogen (secondary N) is 2. The summed E-state index contributed by atoms with van der Waals surface area (Å²) in [6.45, 7) is 2.00. The summed E-state index contributed by atoms with van der Waals surface area (Å²) in [5, 5.41) is 6.12. The van der Waals surface area contributed by atoms with Crippen LogP contribution in [0.5, 0.6) is 0 Å². The summed E-state index contributed by atoms with van der Waals surface area (Å²) in [6.07, 6.45) is 0. The van der Waals surface area contributed by atoms with E-state index in [0.717, 1.165) is 11.3 Å². The van der Waals surface area contributed by atoms with Crippen LogP contribution >= 0.6 is 23.8 Å². The van der Waals surface area contributed by atoms with Crippen LogP contribution in [0.3, 0.4) is 0 Å². The summed E-state index contributed by atoms with van der Waals surface area (Å²) in [4.78, 5) is 0. The molecule has 0 aliphatic carbocycles. The van der Waals surface area contributed by atoms with Gasteiger partial charge in [0.2, 0.25) is 0 Å². The predicted octanol–water partition coefficient (Wildman–Crippen LogP) is 2.41. The van der Waals surface area contributed by atoms with E-state index in [4.69, 9.17) is 23.8 Å². The molecular formula is C10H14ClN3S. The Bertz CT molecular complexity index is 368. The normalized spacial score (nSPS) is 9.87. The van der Waals surface area contributed by atoms with Gasteiger partial charge in [-0.15, -0.1) is 0 Å². The van der Waals surface area contributed by atoms with E-state index in [1.54, 1.807) is 12.1 Å². The number of hydrogen-bond donors (Lipinski definition) is 2. The Morgan fingerprint density at radius 1 is 1.47 bits per heavy atom. The average molecular weight is 244 g/mol. The third-order valence-corrected chi connectivity index (χ3v) is 2.69. The zero-order chi connectivity index (χ0) is 11.4. The first-order valence-corrected chi connectivity index (χ1v) is 5.31. The van der Waals surface area contributed by atoms with Crippen LogP contribution in [0.15, 0.2) is 18.2 Å². The second-order valence-corrected chi connectivity index (χ2v) is 4.00. The summed E-state index contributed by atoms with van der Waals surface area (Å²) in [5.41, 5.74) is 4.94. The van der Waals surface area contributed by atoms with Crippen molar-refractivity contribution in [1.82, 2.24) is 10.4 Å². The molecule has 1 rings (SSSR count). The Balaban J connectivity index is 2.80. The second kappa shape index (κ2) is 5.30. The van der Waals surface area contributed by atoms with Crippen LogP contribution in [0.2, 0.25) is 5.02 Å². The van der Waals surface area contributed by atoms with Crippen LogP contribution < -0.4 is 10.7 Å². The van der Waals surface area contributed by atoms with E-state index in [0.29, 0.717) is 10.1 Å². The molecule has 0 radical (unpaired) electrons. The average Bonchev–Trinajstić information content (AvgIpc) is 2.22. The summed E-state index contributed by atoms with van der Waals surface area (Å²) >= 11 is 11.1. The van der Waals surface area contributed by atoms with Crippen molar-refractivity contribution < 1.29 is 0 Å². The molecular weight excluding hydrogens is 230 g/mol. The van der Waals surface area contributed by atoms with Crippen LogP contribution in [0, 0.1) is 6.92 Å². The molecule has 0 bridgehead atoms. The Hall–Kier alpha value is -0.840. The Labute approximate surface area is 100 Å². The molecule has 0 unspecified atom stereocenters. The minimum atomic E-state index is 0.600. The first-order chi connectivity index (χ1) is 7.04. The van der Waals surface area contributed by atoms with E-state index in [2.05, 4.69) is 10.7 Å². The van der Waals surface area contributed by atoms with Crippen LogP contribution in [0.4, 0.5) is 5.69 Å². The fourth-order valence-electron chi connectivity index (χ4n) is 1.03. The third kappa shape index (κ3) is 3.34. The first kappa shape index (κ1) is 12.2. The van der Waals surface area contributed by atoms with Crippen LogP contribution in [-0.2, 0) is 0 Å². The van der Waals surface area contributed by atoms with E-state index in [1.165, 1.54) is 0 Å². The quantitative estimate of drug-likeness (QED) is 0.616. The largest absolute Gasteiger partial charge is 0.331 e. The topological polar surface area (TPSA) is 27.3 Å². The van der Waals surface area contributed by atoms with Crippen LogP contribution in [0.25, 0.3) is 0 Å². The van der Waals surface area contributed by atoms with Crippen molar-refractivity contribution in [1.29, 1.82) is 0 Å². The summed E-state index contributed by atoms with van der Waals surface area (Å²) < 4.78 is 0. The van der Waals surface area contributed by atoms with Crippen molar-refractivity contribution in [3.63, 3.8) is 0 Å². The lowest BCUT2D eigenvalue weighted by Gasteiger charge is -2.20. The summed E-state index contributed by atoms with van der Waals surface area (Å²) in [6, 6.07) is 5.66. The van der Waals surface area contributed by atoms with Gasteiger partial charge in [0.1, 0.15) is 0 Å². The van der Waals surface area contributed by atoms with Crippen molar-refractivity contribution >= 4 is 34.6 Å². The van der Waals surface area contributed by atoms with Crippen molar-refractivity contribution in [2.45, 2.75) is 6.92 Å². The molecule has 0 atom stereocenters. The lowest BCUT2D eigenvalue weighted by molar-refractivity contribution is 0.416. The Morgan fingerprint density at radius 2 is 2.13 bits per heavy atom. The predicted molar refractivity (Wildman–Crippen MR) is 69.2 cm³/mol. The maximum absolute atomic E-state index is 5.90. The van der Waals surface area contributed by atoms with Gasteiger partial charge in [-0.05, 0) is 36.8 Å². The molecule has 0 aliphatic rings. The maximum Gasteiger partial charge on any atom is 0.187 e. The highest BCUT2D eigenvalue weighted by Gasteiger charge is 2.04. The van der Waals surface area contributed by atoms with Crippen molar-refractivity contribution in [3.05, 3.63) is 28.8 Å². The molecule has 0 saturated carbocycles. The zero-order valence-corrected chi connectivity index (χ0v) is 10.5. The molecule has 15 heavy (non-hydrogen) atoms. The van der Waals surface area contributed by atoms with E-state index in [9.17, 15) is 0 Å². The van der Waals surface area contributed by atoms with Gasteiger partial charge >= 0.3 is 0 Å². The van der Waals surface area contributed by atoms with Crippen molar-refractivity contribution in [2.75, 3.05) is 19.4 Å². The molecule has 0 spiro atoms. The summed E-state index contributed by atoms with van der Waals surface area (Å²) in [7, 11) is 3.65. The minimum Gasteiger partial charge on any atom is -0.331 e. The molecule has 0 saturated heterocycles. The molecule has 1 aromatic carbocycles. The molecule has 0 heterocycles. The molecule has 0 fully saturated rings. The van der Waals surface area contributed by atoms with Crippen molar-refractivity contribution in [3.8, 4) is 0 Å². The zero-order valence-electron chi connectivity index (χ0n) is 8.97. The fourth-order valence-corrected chi connectivity index (χ4v) is 1.40. The number of hydrazine groups is 1. The van der Waals surface area contributed by atoms with Gasteiger partial charge < -0.3 is 5.32 Å². The van der Waals surface area contributed by atoms with Crippen molar-refractivity contribution in [2.24, 2.45) is 0 Å². The monoisotopic (exact) mass is 243 g/mol. The first-order valence-electron chi connectivity index (χ1n) is 4.53. The standard InChI is InChI=1S/C10H14ClN3S/c1-7-4-5-8(11)6-9(7)13-10(15)14(3)12-2/h4-6,12H,1-3H3,(H,13,15). The van der Waals surface area contributed by atoms with Gasteiger partial charge in [0.15, 0.2) is 5.11 Å². The van der Waals surface area contributed by atoms with Gasteiger partial charge in [0, 0.05) is 24.8 Å². The highest BCUT2D eigenvalue weighted by Crippen LogP contribution is 2.20. The molecule has 2 N–H and O–H groups in total.